The fourth-order valence-electron chi connectivity index (χ4n) is 5.18. The lowest BCUT2D eigenvalue weighted by Gasteiger charge is -2.29. The minimum atomic E-state index is -1.09. The first kappa shape index (κ1) is 33.8. The molecule has 0 bridgehead atoms. The fraction of sp³-hybridized carbons (Fsp3) is 0.278. The zero-order valence-corrected chi connectivity index (χ0v) is 26.1. The summed E-state index contributed by atoms with van der Waals surface area (Å²) in [6.07, 6.45) is 1.03. The molecule has 4 atom stereocenters. The van der Waals surface area contributed by atoms with E-state index in [0.717, 1.165) is 22.3 Å². The molecule has 0 saturated carbocycles. The Balaban J connectivity index is 1.46. The first-order valence-electron chi connectivity index (χ1n) is 15.3. The number of hydrogen-bond donors (Lipinski definition) is 6. The van der Waals surface area contributed by atoms with E-state index < -0.39 is 42.0 Å². The predicted octanol–water partition coefficient (Wildman–Crippen LogP) is 2.86. The van der Waals surface area contributed by atoms with E-state index in [9.17, 15) is 19.5 Å². The van der Waals surface area contributed by atoms with Gasteiger partial charge in [0.1, 0.15) is 11.7 Å². The van der Waals surface area contributed by atoms with Crippen LogP contribution in [0.3, 0.4) is 0 Å². The molecule has 0 radical (unpaired) electrons. The Labute approximate surface area is 269 Å². The lowest BCUT2D eigenvalue weighted by atomic mass is 9.97. The standard InChI is InChI=1S/C36H42N6O4/c1-23(2)33(42-35(45)29-16-6-7-17-39-29)36(46)41-30(19-24-10-4-3-5-11-24)32(43)22-40-31(34(38)44)20-25-12-8-13-26(18-25)27-14-9-15-28(37)21-27/h3-18,21,23,30-33,40,43H,19-20,22,37H2,1-2H3,(H2,38,44)(H,41,46)(H,42,45)/t30-,31-,32-,33-/m0/s1. The van der Waals surface area contributed by atoms with E-state index in [0.29, 0.717) is 18.5 Å². The zero-order chi connectivity index (χ0) is 33.1. The Bertz CT molecular complexity index is 1600. The number of nitrogens with zero attached hydrogens (tertiary/aromatic N) is 1. The highest BCUT2D eigenvalue weighted by atomic mass is 16.3. The first-order chi connectivity index (χ1) is 22.1. The Morgan fingerprint density at radius 1 is 0.804 bits per heavy atom. The Hall–Kier alpha value is -5.06. The van der Waals surface area contributed by atoms with Crippen molar-refractivity contribution in [3.05, 3.63) is 120 Å². The maximum absolute atomic E-state index is 13.6. The maximum Gasteiger partial charge on any atom is 0.270 e. The number of pyridine rings is 1. The minimum absolute atomic E-state index is 0.0209. The van der Waals surface area contributed by atoms with Crippen molar-refractivity contribution in [3.8, 4) is 11.1 Å². The van der Waals surface area contributed by atoms with Gasteiger partial charge in [-0.05, 0) is 65.3 Å². The summed E-state index contributed by atoms with van der Waals surface area (Å²) in [5.74, 6) is -1.73. The van der Waals surface area contributed by atoms with E-state index in [-0.39, 0.29) is 18.2 Å². The number of benzene rings is 3. The molecule has 10 nitrogen and oxygen atoms in total. The van der Waals surface area contributed by atoms with E-state index in [1.807, 2.05) is 92.7 Å². The van der Waals surface area contributed by atoms with Gasteiger partial charge in [0.2, 0.25) is 11.8 Å². The molecule has 0 spiro atoms. The number of carbonyl (C=O) groups is 3. The van der Waals surface area contributed by atoms with Gasteiger partial charge in [-0.1, -0.05) is 86.6 Å². The number of amides is 3. The molecule has 0 fully saturated rings. The summed E-state index contributed by atoms with van der Waals surface area (Å²) in [6.45, 7) is 3.63. The summed E-state index contributed by atoms with van der Waals surface area (Å²) in [6, 6.07) is 27.3. The van der Waals surface area contributed by atoms with E-state index in [4.69, 9.17) is 11.5 Å². The van der Waals surface area contributed by atoms with E-state index in [1.165, 1.54) is 6.20 Å². The highest BCUT2D eigenvalue weighted by molar-refractivity contribution is 5.96. The van der Waals surface area contributed by atoms with Crippen molar-refractivity contribution >= 4 is 23.4 Å². The molecule has 46 heavy (non-hydrogen) atoms. The van der Waals surface area contributed by atoms with Gasteiger partial charge in [-0.2, -0.15) is 0 Å². The molecular weight excluding hydrogens is 580 g/mol. The molecule has 0 aliphatic rings. The third kappa shape index (κ3) is 9.72. The zero-order valence-electron chi connectivity index (χ0n) is 26.1. The van der Waals surface area contributed by atoms with Crippen molar-refractivity contribution in [3.63, 3.8) is 0 Å². The molecule has 8 N–H and O–H groups in total. The Morgan fingerprint density at radius 2 is 1.48 bits per heavy atom. The number of anilines is 1. The molecule has 3 amide bonds. The number of aliphatic hydroxyl groups excluding tert-OH is 1. The largest absolute Gasteiger partial charge is 0.399 e. The van der Waals surface area contributed by atoms with Gasteiger partial charge in [-0.15, -0.1) is 0 Å². The lowest BCUT2D eigenvalue weighted by molar-refractivity contribution is -0.125. The van der Waals surface area contributed by atoms with Crippen LogP contribution in [0.15, 0.2) is 103 Å². The number of nitrogen functional groups attached to an aromatic ring is 1. The predicted molar refractivity (Wildman–Crippen MR) is 179 cm³/mol. The van der Waals surface area contributed by atoms with Crippen LogP contribution in [0.25, 0.3) is 11.1 Å². The van der Waals surface area contributed by atoms with Gasteiger partial charge in [0.15, 0.2) is 0 Å². The summed E-state index contributed by atoms with van der Waals surface area (Å²) in [5, 5.41) is 20.2. The molecule has 10 heteroatoms. The molecule has 3 aromatic carbocycles. The topological polar surface area (TPSA) is 172 Å². The highest BCUT2D eigenvalue weighted by Crippen LogP contribution is 2.23. The molecule has 1 heterocycles. The SMILES string of the molecule is CC(C)[C@H](NC(=O)c1ccccn1)C(=O)N[C@@H](Cc1ccccc1)[C@@H](O)CN[C@@H](Cc1cccc(-c2cccc(N)c2)c1)C(N)=O. The summed E-state index contributed by atoms with van der Waals surface area (Å²) < 4.78 is 0. The average molecular weight is 623 g/mol. The summed E-state index contributed by atoms with van der Waals surface area (Å²) in [4.78, 5) is 42.9. The second kappa shape index (κ2) is 16.3. The number of nitrogens with two attached hydrogens (primary N) is 2. The van der Waals surface area contributed by atoms with Crippen molar-refractivity contribution in [1.29, 1.82) is 0 Å². The molecular formula is C36H42N6O4. The van der Waals surface area contributed by atoms with Gasteiger partial charge in [0.25, 0.3) is 5.91 Å². The van der Waals surface area contributed by atoms with E-state index in [2.05, 4.69) is 20.9 Å². The van der Waals surface area contributed by atoms with Gasteiger partial charge >= 0.3 is 0 Å². The van der Waals surface area contributed by atoms with Crippen molar-refractivity contribution in [1.82, 2.24) is 20.9 Å². The third-order valence-electron chi connectivity index (χ3n) is 7.73. The van der Waals surface area contributed by atoms with E-state index >= 15 is 0 Å². The van der Waals surface area contributed by atoms with Crippen LogP contribution in [0, 0.1) is 5.92 Å². The number of carbonyl (C=O) groups excluding carboxylic acids is 3. The lowest BCUT2D eigenvalue weighted by Crippen LogP contribution is -2.57. The number of nitrogens with one attached hydrogen (secondary N) is 3. The monoisotopic (exact) mass is 622 g/mol. The molecule has 1 aromatic heterocycles. The van der Waals surface area contributed by atoms with Crippen LogP contribution < -0.4 is 27.4 Å². The number of hydrogen-bond acceptors (Lipinski definition) is 7. The van der Waals surface area contributed by atoms with Crippen LogP contribution in [0.1, 0.15) is 35.5 Å². The fourth-order valence-corrected chi connectivity index (χ4v) is 5.18. The van der Waals surface area contributed by atoms with Crippen LogP contribution in [0.4, 0.5) is 5.69 Å². The number of aromatic nitrogens is 1. The summed E-state index contributed by atoms with van der Waals surface area (Å²) >= 11 is 0. The third-order valence-corrected chi connectivity index (χ3v) is 7.73. The van der Waals surface area contributed by atoms with Crippen molar-refractivity contribution < 1.29 is 19.5 Å². The second-order valence-corrected chi connectivity index (χ2v) is 11.7. The maximum atomic E-state index is 13.6. The minimum Gasteiger partial charge on any atom is -0.399 e. The van der Waals surface area contributed by atoms with Crippen LogP contribution in [-0.2, 0) is 22.4 Å². The van der Waals surface area contributed by atoms with Crippen LogP contribution in [-0.4, -0.2) is 58.6 Å². The van der Waals surface area contributed by atoms with Crippen molar-refractivity contribution in [2.24, 2.45) is 11.7 Å². The van der Waals surface area contributed by atoms with Crippen LogP contribution in [0.2, 0.25) is 0 Å². The first-order valence-corrected chi connectivity index (χ1v) is 15.3. The molecule has 0 aliphatic carbocycles. The van der Waals surface area contributed by atoms with Crippen molar-refractivity contribution in [2.45, 2.75) is 50.9 Å². The van der Waals surface area contributed by atoms with Gasteiger partial charge in [0.05, 0.1) is 18.2 Å². The van der Waals surface area contributed by atoms with Crippen LogP contribution >= 0.6 is 0 Å². The van der Waals surface area contributed by atoms with Gasteiger partial charge in [-0.25, -0.2) is 0 Å². The molecule has 4 aromatic rings. The Morgan fingerprint density at radius 3 is 2.13 bits per heavy atom. The normalized spacial score (nSPS) is 13.7. The number of aliphatic hydroxyl groups is 1. The molecule has 0 saturated heterocycles. The summed E-state index contributed by atoms with van der Waals surface area (Å²) in [7, 11) is 0. The van der Waals surface area contributed by atoms with Crippen molar-refractivity contribution in [2.75, 3.05) is 12.3 Å². The van der Waals surface area contributed by atoms with Crippen LogP contribution in [0.5, 0.6) is 0 Å². The Kier molecular flexibility index (Phi) is 12.0. The number of rotatable bonds is 15. The van der Waals surface area contributed by atoms with Gasteiger partial charge < -0.3 is 32.5 Å². The smallest absolute Gasteiger partial charge is 0.270 e. The second-order valence-electron chi connectivity index (χ2n) is 11.7. The molecule has 0 aliphatic heterocycles. The molecule has 4 rings (SSSR count). The van der Waals surface area contributed by atoms with E-state index in [1.54, 1.807) is 18.2 Å². The highest BCUT2D eigenvalue weighted by Gasteiger charge is 2.30. The average Bonchev–Trinajstić information content (AvgIpc) is 3.05. The quantitative estimate of drug-likeness (QED) is 0.111. The molecule has 0 unspecified atom stereocenters. The number of primary amides is 1. The van der Waals surface area contributed by atoms with Gasteiger partial charge in [-0.3, -0.25) is 19.4 Å². The molecule has 240 valence electrons. The van der Waals surface area contributed by atoms with Gasteiger partial charge in [0, 0.05) is 18.4 Å². The summed E-state index contributed by atoms with van der Waals surface area (Å²) in [5.41, 5.74) is 16.3.